The third kappa shape index (κ3) is 5.07. The molecular formula is C27H25ClFN5O4. The van der Waals surface area contributed by atoms with E-state index in [2.05, 4.69) is 14.9 Å². The van der Waals surface area contributed by atoms with Crippen molar-refractivity contribution in [1.29, 1.82) is 0 Å². The molecule has 1 aromatic carbocycles. The number of carbonyl (C=O) groups is 1. The third-order valence-corrected chi connectivity index (χ3v) is 7.16. The summed E-state index contributed by atoms with van der Waals surface area (Å²) in [6, 6.07) is 11.5. The zero-order chi connectivity index (χ0) is 26.2. The Kier molecular flexibility index (Phi) is 6.69. The first kappa shape index (κ1) is 24.7. The average molecular weight is 538 g/mol. The lowest BCUT2D eigenvalue weighted by molar-refractivity contribution is -0.0592. The number of aromatic carboxylic acids is 1. The second-order valence-electron chi connectivity index (χ2n) is 9.50. The molecule has 0 amide bonds. The van der Waals surface area contributed by atoms with Crippen molar-refractivity contribution >= 4 is 28.7 Å². The molecule has 2 aliphatic rings. The summed E-state index contributed by atoms with van der Waals surface area (Å²) in [6.45, 7) is 3.43. The summed E-state index contributed by atoms with van der Waals surface area (Å²) in [5.74, 6) is -0.195. The monoisotopic (exact) mass is 537 g/mol. The number of halogens is 2. The second kappa shape index (κ2) is 10.3. The standard InChI is InChI=1S/C27H25ClFN5O4/c28-18-3-1-17(20(29)11-18)15-38-25-6-2-16-12-33(9-7-21(16)31-25)14-24-30-22-4-5-23(27(35)36)32-26(22)34(24)13-19-8-10-37-19/h1-6,11,19H,7-10,12-15H2,(H,35,36)/t19-/m0/s1. The first-order valence-electron chi connectivity index (χ1n) is 12.4. The van der Waals surface area contributed by atoms with Gasteiger partial charge in [0.2, 0.25) is 5.88 Å². The molecule has 1 N–H and O–H groups in total. The van der Waals surface area contributed by atoms with E-state index in [9.17, 15) is 14.3 Å². The van der Waals surface area contributed by atoms with E-state index < -0.39 is 11.8 Å². The highest BCUT2D eigenvalue weighted by Crippen LogP contribution is 2.25. The maximum Gasteiger partial charge on any atom is 0.354 e. The van der Waals surface area contributed by atoms with Crippen LogP contribution in [0.3, 0.4) is 0 Å². The van der Waals surface area contributed by atoms with Crippen molar-refractivity contribution in [3.63, 3.8) is 0 Å². The molecule has 9 nitrogen and oxygen atoms in total. The highest BCUT2D eigenvalue weighted by molar-refractivity contribution is 6.30. The van der Waals surface area contributed by atoms with Gasteiger partial charge in [0.1, 0.15) is 23.8 Å². The van der Waals surface area contributed by atoms with E-state index in [1.807, 2.05) is 10.6 Å². The molecule has 1 saturated heterocycles. The van der Waals surface area contributed by atoms with Crippen molar-refractivity contribution in [3.05, 3.63) is 81.6 Å². The minimum Gasteiger partial charge on any atom is -0.477 e. The normalized spacial score (nSPS) is 17.3. The predicted molar refractivity (Wildman–Crippen MR) is 137 cm³/mol. The minimum atomic E-state index is -1.07. The number of fused-ring (bicyclic) bond motifs is 2. The van der Waals surface area contributed by atoms with Gasteiger partial charge in [0, 0.05) is 42.8 Å². The van der Waals surface area contributed by atoms with Crippen molar-refractivity contribution in [2.24, 2.45) is 0 Å². The molecule has 0 saturated carbocycles. The van der Waals surface area contributed by atoms with Gasteiger partial charge in [-0.1, -0.05) is 23.7 Å². The van der Waals surface area contributed by atoms with Crippen LogP contribution in [0.15, 0.2) is 42.5 Å². The Morgan fingerprint density at radius 1 is 1.18 bits per heavy atom. The molecule has 4 aromatic rings. The lowest BCUT2D eigenvalue weighted by atomic mass is 10.1. The van der Waals surface area contributed by atoms with Gasteiger partial charge in [-0.2, -0.15) is 0 Å². The SMILES string of the molecule is O=C(O)c1ccc2nc(CN3CCc4nc(OCc5ccc(Cl)cc5F)ccc4C3)n(C[C@@H]3CCO3)c2n1. The number of hydrogen-bond donors (Lipinski definition) is 1. The van der Waals surface area contributed by atoms with Crippen molar-refractivity contribution in [3.8, 4) is 5.88 Å². The van der Waals surface area contributed by atoms with E-state index in [1.165, 1.54) is 12.1 Å². The Morgan fingerprint density at radius 2 is 2.05 bits per heavy atom. The van der Waals surface area contributed by atoms with Crippen LogP contribution in [0, 0.1) is 5.82 Å². The number of carboxylic acid groups (broad SMARTS) is 1. The van der Waals surface area contributed by atoms with E-state index in [1.54, 1.807) is 24.3 Å². The highest BCUT2D eigenvalue weighted by Gasteiger charge is 2.25. The summed E-state index contributed by atoms with van der Waals surface area (Å²) in [7, 11) is 0. The van der Waals surface area contributed by atoms with E-state index in [4.69, 9.17) is 26.1 Å². The molecule has 6 rings (SSSR count). The maximum atomic E-state index is 14.1. The van der Waals surface area contributed by atoms with Gasteiger partial charge in [0.25, 0.3) is 0 Å². The van der Waals surface area contributed by atoms with Crippen LogP contribution in [0.1, 0.15) is 39.6 Å². The fourth-order valence-electron chi connectivity index (χ4n) is 4.77. The number of benzene rings is 1. The Labute approximate surface area is 222 Å². The number of ether oxygens (including phenoxy) is 2. The molecule has 0 radical (unpaired) electrons. The Balaban J connectivity index is 1.17. The number of imidazole rings is 1. The molecule has 3 aromatic heterocycles. The van der Waals surface area contributed by atoms with Crippen LogP contribution in [-0.2, 0) is 37.4 Å². The molecule has 0 aliphatic carbocycles. The molecule has 0 spiro atoms. The fraction of sp³-hybridized carbons (Fsp3) is 0.333. The number of nitrogens with zero attached hydrogens (tertiary/aromatic N) is 5. The molecule has 1 fully saturated rings. The van der Waals surface area contributed by atoms with Crippen molar-refractivity contribution in [2.45, 2.75) is 45.2 Å². The van der Waals surface area contributed by atoms with Gasteiger partial charge in [-0.05, 0) is 36.2 Å². The van der Waals surface area contributed by atoms with Gasteiger partial charge in [0.05, 0.1) is 24.9 Å². The molecule has 0 bridgehead atoms. The zero-order valence-electron chi connectivity index (χ0n) is 20.4. The lowest BCUT2D eigenvalue weighted by Gasteiger charge is -2.30. The Morgan fingerprint density at radius 3 is 2.82 bits per heavy atom. The zero-order valence-corrected chi connectivity index (χ0v) is 21.2. The van der Waals surface area contributed by atoms with Crippen LogP contribution in [-0.4, -0.2) is 54.8 Å². The van der Waals surface area contributed by atoms with Crippen LogP contribution in [0.25, 0.3) is 11.2 Å². The molecule has 2 aliphatic heterocycles. The highest BCUT2D eigenvalue weighted by atomic mass is 35.5. The van der Waals surface area contributed by atoms with Gasteiger partial charge >= 0.3 is 5.97 Å². The van der Waals surface area contributed by atoms with Crippen molar-refractivity contribution < 1.29 is 23.8 Å². The summed E-state index contributed by atoms with van der Waals surface area (Å²) in [6.07, 6.45) is 1.76. The summed E-state index contributed by atoms with van der Waals surface area (Å²) in [5.41, 5.74) is 3.70. The van der Waals surface area contributed by atoms with Crippen molar-refractivity contribution in [2.75, 3.05) is 13.2 Å². The van der Waals surface area contributed by atoms with Crippen molar-refractivity contribution in [1.82, 2.24) is 24.4 Å². The molecule has 5 heterocycles. The van der Waals surface area contributed by atoms with Gasteiger partial charge in [0.15, 0.2) is 11.3 Å². The molecule has 1 atom stereocenters. The molecule has 38 heavy (non-hydrogen) atoms. The third-order valence-electron chi connectivity index (χ3n) is 6.93. The molecule has 196 valence electrons. The van der Waals surface area contributed by atoms with E-state index >= 15 is 0 Å². The smallest absolute Gasteiger partial charge is 0.354 e. The number of aromatic nitrogens is 4. The maximum absolute atomic E-state index is 14.1. The van der Waals surface area contributed by atoms with Gasteiger partial charge in [-0.3, -0.25) is 4.90 Å². The largest absolute Gasteiger partial charge is 0.477 e. The predicted octanol–water partition coefficient (Wildman–Crippen LogP) is 4.24. The van der Waals surface area contributed by atoms with E-state index in [-0.39, 0.29) is 18.4 Å². The lowest BCUT2D eigenvalue weighted by Crippen LogP contribution is -2.34. The van der Waals surface area contributed by atoms with Crippen LogP contribution < -0.4 is 4.74 Å². The number of pyridine rings is 2. The first-order chi connectivity index (χ1) is 18.4. The number of carboxylic acids is 1. The average Bonchev–Trinajstić information content (AvgIpc) is 3.21. The minimum absolute atomic E-state index is 0.00507. The molecule has 11 heteroatoms. The fourth-order valence-corrected chi connectivity index (χ4v) is 4.93. The van der Waals surface area contributed by atoms with Crippen LogP contribution in [0.2, 0.25) is 5.02 Å². The van der Waals surface area contributed by atoms with E-state index in [0.717, 1.165) is 43.1 Å². The van der Waals surface area contributed by atoms with E-state index in [0.29, 0.717) is 47.3 Å². The first-order valence-corrected chi connectivity index (χ1v) is 12.8. The molecular weight excluding hydrogens is 513 g/mol. The summed E-state index contributed by atoms with van der Waals surface area (Å²) in [4.78, 5) is 27.6. The quantitative estimate of drug-likeness (QED) is 0.356. The number of rotatable bonds is 8. The second-order valence-corrected chi connectivity index (χ2v) is 9.94. The van der Waals surface area contributed by atoms with Gasteiger partial charge in [-0.25, -0.2) is 24.1 Å². The Bertz CT molecular complexity index is 1520. The number of hydrogen-bond acceptors (Lipinski definition) is 7. The van der Waals surface area contributed by atoms with Crippen LogP contribution >= 0.6 is 11.6 Å². The topological polar surface area (TPSA) is 103 Å². The van der Waals surface area contributed by atoms with Gasteiger partial charge < -0.3 is 19.1 Å². The summed E-state index contributed by atoms with van der Waals surface area (Å²) < 4.78 is 27.4. The van der Waals surface area contributed by atoms with Crippen LogP contribution in [0.5, 0.6) is 5.88 Å². The van der Waals surface area contributed by atoms with Gasteiger partial charge in [-0.15, -0.1) is 0 Å². The molecule has 0 unspecified atom stereocenters. The Hall–Kier alpha value is -3.60. The van der Waals surface area contributed by atoms with Crippen LogP contribution in [0.4, 0.5) is 4.39 Å². The summed E-state index contributed by atoms with van der Waals surface area (Å²) >= 11 is 5.82. The summed E-state index contributed by atoms with van der Waals surface area (Å²) in [5, 5.41) is 9.75.